The molecule has 1 aromatic heterocycles. The summed E-state index contributed by atoms with van der Waals surface area (Å²) in [4.78, 5) is 15.3. The van der Waals surface area contributed by atoms with E-state index in [1.165, 1.54) is 43.3 Å². The van der Waals surface area contributed by atoms with Crippen molar-refractivity contribution in [2.45, 2.75) is 18.7 Å². The Hall–Kier alpha value is -2.97. The maximum absolute atomic E-state index is 13.1. The molecule has 6 nitrogen and oxygen atoms in total. The average Bonchev–Trinajstić information content (AvgIpc) is 2.62. The quantitative estimate of drug-likeness (QED) is 0.615. The summed E-state index contributed by atoms with van der Waals surface area (Å²) in [5.41, 5.74) is 2.48. The molecule has 3 aromatic rings. The number of carbonyl (C=O) groups excluding carboxylic acids is 1. The molecule has 0 saturated heterocycles. The predicted molar refractivity (Wildman–Crippen MR) is 111 cm³/mol. The van der Waals surface area contributed by atoms with Crippen LogP contribution in [0.3, 0.4) is 0 Å². The zero-order valence-corrected chi connectivity index (χ0v) is 17.1. The first-order valence-electron chi connectivity index (χ1n) is 8.49. The molecular formula is C20H17ClFN3O3S. The van der Waals surface area contributed by atoms with Crippen LogP contribution >= 0.6 is 11.6 Å². The second-order valence-corrected chi connectivity index (χ2v) is 8.33. The molecule has 0 spiro atoms. The summed E-state index contributed by atoms with van der Waals surface area (Å²) in [5, 5.41) is 2.49. The highest BCUT2D eigenvalue weighted by molar-refractivity contribution is 7.92. The van der Waals surface area contributed by atoms with Gasteiger partial charge in [0.25, 0.3) is 10.0 Å². The van der Waals surface area contributed by atoms with E-state index in [-0.39, 0.29) is 27.5 Å². The van der Waals surface area contributed by atoms with Crippen molar-refractivity contribution >= 4 is 39.0 Å². The van der Waals surface area contributed by atoms with E-state index in [1.807, 2.05) is 0 Å². The predicted octanol–water partition coefficient (Wildman–Crippen LogP) is 4.61. The van der Waals surface area contributed by atoms with Crippen LogP contribution in [0.5, 0.6) is 0 Å². The van der Waals surface area contributed by atoms with Gasteiger partial charge in [0, 0.05) is 23.9 Å². The molecule has 0 bridgehead atoms. The van der Waals surface area contributed by atoms with Crippen LogP contribution in [-0.2, 0) is 14.8 Å². The van der Waals surface area contributed by atoms with E-state index in [0.717, 1.165) is 11.1 Å². The number of carbonyl (C=O) groups is 1. The van der Waals surface area contributed by atoms with Crippen LogP contribution in [0.25, 0.3) is 11.1 Å². The molecule has 1 amide bonds. The summed E-state index contributed by atoms with van der Waals surface area (Å²) < 4.78 is 40.9. The normalized spacial score (nSPS) is 11.2. The molecule has 0 saturated carbocycles. The lowest BCUT2D eigenvalue weighted by Gasteiger charge is -2.12. The summed E-state index contributed by atoms with van der Waals surface area (Å²) in [7, 11) is -4.00. The number of sulfonamides is 1. The van der Waals surface area contributed by atoms with Crippen molar-refractivity contribution in [2.75, 3.05) is 10.0 Å². The van der Waals surface area contributed by atoms with Gasteiger partial charge in [-0.3, -0.25) is 9.52 Å². The Kier molecular flexibility index (Phi) is 5.86. The molecular weight excluding hydrogens is 417 g/mol. The third-order valence-corrected chi connectivity index (χ3v) is 5.86. The van der Waals surface area contributed by atoms with Gasteiger partial charge in [0.2, 0.25) is 5.91 Å². The Labute approximate surface area is 172 Å². The van der Waals surface area contributed by atoms with Gasteiger partial charge in [-0.2, -0.15) is 0 Å². The molecule has 3 rings (SSSR count). The topological polar surface area (TPSA) is 88.2 Å². The number of rotatable bonds is 5. The highest BCUT2D eigenvalue weighted by Crippen LogP contribution is 2.28. The fourth-order valence-corrected chi connectivity index (χ4v) is 4.29. The Bertz CT molecular complexity index is 1180. The molecule has 9 heteroatoms. The molecule has 0 unspecified atom stereocenters. The maximum Gasteiger partial charge on any atom is 0.264 e. The van der Waals surface area contributed by atoms with Gasteiger partial charge in [-0.25, -0.2) is 17.8 Å². The number of amides is 1. The smallest absolute Gasteiger partial charge is 0.264 e. The monoisotopic (exact) mass is 433 g/mol. The number of aromatic nitrogens is 1. The van der Waals surface area contributed by atoms with Crippen molar-refractivity contribution in [3.05, 3.63) is 71.1 Å². The average molecular weight is 434 g/mol. The van der Waals surface area contributed by atoms with Crippen molar-refractivity contribution in [1.82, 2.24) is 4.98 Å². The third-order valence-electron chi connectivity index (χ3n) is 4.02. The van der Waals surface area contributed by atoms with E-state index in [4.69, 9.17) is 11.6 Å². The molecule has 2 aromatic carbocycles. The van der Waals surface area contributed by atoms with Crippen LogP contribution in [0.4, 0.5) is 15.9 Å². The Morgan fingerprint density at radius 2 is 1.76 bits per heavy atom. The van der Waals surface area contributed by atoms with Gasteiger partial charge in [-0.05, 0) is 55.0 Å². The van der Waals surface area contributed by atoms with Gasteiger partial charge in [0.15, 0.2) is 0 Å². The van der Waals surface area contributed by atoms with Gasteiger partial charge >= 0.3 is 0 Å². The number of aryl methyl sites for hydroxylation is 1. The van der Waals surface area contributed by atoms with E-state index in [1.54, 1.807) is 25.1 Å². The van der Waals surface area contributed by atoms with E-state index >= 15 is 0 Å². The Morgan fingerprint density at radius 1 is 1.07 bits per heavy atom. The molecule has 0 aliphatic carbocycles. The van der Waals surface area contributed by atoms with Gasteiger partial charge in [-0.15, -0.1) is 0 Å². The number of hydrogen-bond acceptors (Lipinski definition) is 4. The third kappa shape index (κ3) is 4.90. The van der Waals surface area contributed by atoms with Gasteiger partial charge in [-0.1, -0.05) is 23.7 Å². The zero-order chi connectivity index (χ0) is 21.2. The van der Waals surface area contributed by atoms with E-state index < -0.39 is 10.0 Å². The largest absolute Gasteiger partial charge is 0.326 e. The number of pyridine rings is 1. The lowest BCUT2D eigenvalue weighted by Crippen LogP contribution is -2.15. The second kappa shape index (κ2) is 8.18. The number of halogens is 2. The molecule has 0 fully saturated rings. The summed E-state index contributed by atoms with van der Waals surface area (Å²) >= 11 is 6.09. The van der Waals surface area contributed by atoms with Gasteiger partial charge < -0.3 is 5.32 Å². The molecule has 0 radical (unpaired) electrons. The minimum Gasteiger partial charge on any atom is -0.326 e. The van der Waals surface area contributed by atoms with Crippen molar-refractivity contribution in [2.24, 2.45) is 0 Å². The summed E-state index contributed by atoms with van der Waals surface area (Å²) in [6, 6.07) is 13.3. The van der Waals surface area contributed by atoms with Crippen LogP contribution in [0.15, 0.2) is 59.5 Å². The highest BCUT2D eigenvalue weighted by Gasteiger charge is 2.19. The lowest BCUT2D eigenvalue weighted by atomic mass is 10.0. The first-order valence-corrected chi connectivity index (χ1v) is 10.4. The molecule has 0 aliphatic rings. The van der Waals surface area contributed by atoms with Crippen LogP contribution in [0.1, 0.15) is 12.6 Å². The zero-order valence-electron chi connectivity index (χ0n) is 15.5. The lowest BCUT2D eigenvalue weighted by molar-refractivity contribution is -0.114. The standard InChI is InChI=1S/C20H17ClFN3O3S/c1-12-17(14-3-5-15(22)6-4-14)8-10-20(23-12)25-29(27,28)19-9-7-16(11-18(19)21)24-13(2)26/h3-11H,1-2H3,(H,23,25)(H,24,26). The van der Waals surface area contributed by atoms with E-state index in [0.29, 0.717) is 11.4 Å². The molecule has 0 atom stereocenters. The van der Waals surface area contributed by atoms with Gasteiger partial charge in [0.1, 0.15) is 16.5 Å². The first-order chi connectivity index (χ1) is 13.7. The summed E-state index contributed by atoms with van der Waals surface area (Å²) in [6.45, 7) is 3.06. The van der Waals surface area contributed by atoms with Crippen LogP contribution in [-0.4, -0.2) is 19.3 Å². The molecule has 150 valence electrons. The molecule has 29 heavy (non-hydrogen) atoms. The summed E-state index contributed by atoms with van der Waals surface area (Å²) in [6.07, 6.45) is 0. The first kappa shape index (κ1) is 20.8. The SMILES string of the molecule is CC(=O)Nc1ccc(S(=O)(=O)Nc2ccc(-c3ccc(F)cc3)c(C)n2)c(Cl)c1. The molecule has 0 aliphatic heterocycles. The van der Waals surface area contributed by atoms with Crippen molar-refractivity contribution in [1.29, 1.82) is 0 Å². The number of nitrogens with zero attached hydrogens (tertiary/aromatic N) is 1. The van der Waals surface area contributed by atoms with Crippen LogP contribution < -0.4 is 10.0 Å². The number of anilines is 2. The minimum absolute atomic E-state index is 0.0385. The van der Waals surface area contributed by atoms with Crippen LogP contribution in [0.2, 0.25) is 5.02 Å². The Morgan fingerprint density at radius 3 is 2.34 bits per heavy atom. The van der Waals surface area contributed by atoms with Gasteiger partial charge in [0.05, 0.1) is 5.02 Å². The van der Waals surface area contributed by atoms with E-state index in [2.05, 4.69) is 15.0 Å². The van der Waals surface area contributed by atoms with Crippen LogP contribution in [0, 0.1) is 12.7 Å². The number of nitrogens with one attached hydrogen (secondary N) is 2. The van der Waals surface area contributed by atoms with E-state index in [9.17, 15) is 17.6 Å². The Balaban J connectivity index is 1.86. The fraction of sp³-hybridized carbons (Fsp3) is 0.100. The number of benzene rings is 2. The molecule has 2 N–H and O–H groups in total. The van der Waals surface area contributed by atoms with Crippen molar-refractivity contribution in [3.63, 3.8) is 0 Å². The maximum atomic E-state index is 13.1. The highest BCUT2D eigenvalue weighted by atomic mass is 35.5. The fourth-order valence-electron chi connectivity index (χ4n) is 2.74. The molecule has 1 heterocycles. The van der Waals surface area contributed by atoms with Crippen molar-refractivity contribution < 1.29 is 17.6 Å². The summed E-state index contributed by atoms with van der Waals surface area (Å²) in [5.74, 6) is -0.517. The minimum atomic E-state index is -4.00. The van der Waals surface area contributed by atoms with Crippen molar-refractivity contribution in [3.8, 4) is 11.1 Å². The number of hydrogen-bond donors (Lipinski definition) is 2. The second-order valence-electron chi connectivity index (χ2n) is 6.27.